The summed E-state index contributed by atoms with van der Waals surface area (Å²) in [5.41, 5.74) is 6.75. The normalized spacial score (nSPS) is 23.3. The standard InChI is InChI=1S/C18H25.Zr/c1-6-9-16(15-10-7-8-11-15)17-12-18(4,5)14(3)13(17)2;/h7-8,10,16H,6,9,11H2,1-5H3;. The molecule has 0 amide bonds. The Balaban J connectivity index is 2.45. The van der Waals surface area contributed by atoms with Gasteiger partial charge in [-0.15, -0.1) is 0 Å². The van der Waals surface area contributed by atoms with Crippen LogP contribution >= 0.6 is 0 Å². The molecule has 2 rings (SSSR count). The fourth-order valence-corrected chi connectivity index (χ4v) is 4.69. The Morgan fingerprint density at radius 2 is 2.00 bits per heavy atom. The number of rotatable bonds is 4. The SMILES string of the molecule is CCCC(C1=CC=CC1)C1=[C]([Zr])C(C)(C)C(C)=C1C. The van der Waals surface area contributed by atoms with Gasteiger partial charge in [-0.2, -0.15) is 0 Å². The van der Waals surface area contributed by atoms with E-state index in [0.29, 0.717) is 5.92 Å². The molecule has 0 aromatic carbocycles. The Hall–Kier alpha value is -0.157. The Morgan fingerprint density at radius 3 is 2.42 bits per heavy atom. The van der Waals surface area contributed by atoms with Gasteiger partial charge in [0.15, 0.2) is 0 Å². The summed E-state index contributed by atoms with van der Waals surface area (Å²) < 4.78 is 1.68. The van der Waals surface area contributed by atoms with Crippen molar-refractivity contribution in [3.05, 3.63) is 43.8 Å². The average molecular weight is 333 g/mol. The molecule has 2 aliphatic carbocycles. The summed E-state index contributed by atoms with van der Waals surface area (Å²) >= 11 is 1.60. The molecule has 0 nitrogen and oxygen atoms in total. The van der Waals surface area contributed by atoms with Crippen LogP contribution in [0.15, 0.2) is 43.8 Å². The third kappa shape index (κ3) is 2.56. The van der Waals surface area contributed by atoms with Gasteiger partial charge in [0.1, 0.15) is 0 Å². The zero-order chi connectivity index (χ0) is 14.2. The van der Waals surface area contributed by atoms with E-state index in [4.69, 9.17) is 0 Å². The fourth-order valence-electron chi connectivity index (χ4n) is 3.34. The predicted molar refractivity (Wildman–Crippen MR) is 79.4 cm³/mol. The van der Waals surface area contributed by atoms with Crippen molar-refractivity contribution in [1.29, 1.82) is 0 Å². The first-order valence-electron chi connectivity index (χ1n) is 7.41. The minimum atomic E-state index is 0.288. The summed E-state index contributed by atoms with van der Waals surface area (Å²) in [6, 6.07) is 0. The second-order valence-corrected chi connectivity index (χ2v) is 7.61. The summed E-state index contributed by atoms with van der Waals surface area (Å²) in [7, 11) is 0. The zero-order valence-electron chi connectivity index (χ0n) is 12.9. The molecule has 0 saturated heterocycles. The van der Waals surface area contributed by atoms with Crippen LogP contribution in [0.5, 0.6) is 0 Å². The van der Waals surface area contributed by atoms with Crippen molar-refractivity contribution in [3.8, 4) is 0 Å². The van der Waals surface area contributed by atoms with Crippen molar-refractivity contribution >= 4 is 0 Å². The van der Waals surface area contributed by atoms with Crippen molar-refractivity contribution < 1.29 is 24.7 Å². The quantitative estimate of drug-likeness (QED) is 0.640. The fraction of sp³-hybridized carbons (Fsp3) is 0.556. The van der Waals surface area contributed by atoms with Gasteiger partial charge in [0.25, 0.3) is 0 Å². The van der Waals surface area contributed by atoms with Crippen LogP contribution < -0.4 is 0 Å². The van der Waals surface area contributed by atoms with Crippen LogP contribution in [-0.2, 0) is 24.7 Å². The van der Waals surface area contributed by atoms with Gasteiger partial charge in [-0.25, -0.2) is 0 Å². The van der Waals surface area contributed by atoms with E-state index in [0.717, 1.165) is 6.42 Å². The van der Waals surface area contributed by atoms with Gasteiger partial charge >= 0.3 is 134 Å². The number of hydrogen-bond acceptors (Lipinski definition) is 0. The molecular formula is C18H25Zr. The second-order valence-electron chi connectivity index (χ2n) is 6.38. The summed E-state index contributed by atoms with van der Waals surface area (Å²) in [4.78, 5) is 0. The third-order valence-corrected chi connectivity index (χ3v) is 7.17. The van der Waals surface area contributed by atoms with E-state index in [9.17, 15) is 0 Å². The van der Waals surface area contributed by atoms with E-state index in [1.807, 2.05) is 0 Å². The van der Waals surface area contributed by atoms with Gasteiger partial charge in [0.05, 0.1) is 0 Å². The molecular weight excluding hydrogens is 307 g/mol. The molecule has 1 unspecified atom stereocenters. The van der Waals surface area contributed by atoms with Gasteiger partial charge in [0.2, 0.25) is 0 Å². The molecule has 0 aromatic rings. The van der Waals surface area contributed by atoms with Crippen LogP contribution in [0.1, 0.15) is 53.9 Å². The van der Waals surface area contributed by atoms with Gasteiger partial charge in [-0.1, -0.05) is 0 Å². The molecule has 19 heavy (non-hydrogen) atoms. The maximum absolute atomic E-state index is 2.40. The summed E-state index contributed by atoms with van der Waals surface area (Å²) in [5, 5.41) is 0. The number of allylic oxidation sites excluding steroid dienone is 8. The van der Waals surface area contributed by atoms with Crippen molar-refractivity contribution in [2.45, 2.75) is 53.9 Å². The molecule has 0 heterocycles. The molecule has 0 aliphatic heterocycles. The van der Waals surface area contributed by atoms with Crippen LogP contribution in [0, 0.1) is 11.3 Å². The average Bonchev–Trinajstić information content (AvgIpc) is 2.94. The summed E-state index contributed by atoms with van der Waals surface area (Å²) in [5.74, 6) is 0.658. The molecule has 0 N–H and O–H groups in total. The molecule has 101 valence electrons. The Morgan fingerprint density at radius 1 is 1.32 bits per heavy atom. The minimum absolute atomic E-state index is 0.288. The van der Waals surface area contributed by atoms with Crippen molar-refractivity contribution in [2.75, 3.05) is 0 Å². The summed E-state index contributed by atoms with van der Waals surface area (Å²) in [6.07, 6.45) is 10.6. The molecule has 0 bridgehead atoms. The molecule has 0 radical (unpaired) electrons. The van der Waals surface area contributed by atoms with Crippen LogP contribution in [0.2, 0.25) is 0 Å². The Labute approximate surface area is 133 Å². The first-order chi connectivity index (χ1) is 8.91. The van der Waals surface area contributed by atoms with E-state index in [1.54, 1.807) is 50.3 Å². The summed E-state index contributed by atoms with van der Waals surface area (Å²) in [6.45, 7) is 11.8. The van der Waals surface area contributed by atoms with E-state index < -0.39 is 0 Å². The maximum atomic E-state index is 2.40. The Bertz CT molecular complexity index is 498. The van der Waals surface area contributed by atoms with Crippen molar-refractivity contribution in [1.82, 2.24) is 0 Å². The number of hydrogen-bond donors (Lipinski definition) is 0. The van der Waals surface area contributed by atoms with E-state index in [1.165, 1.54) is 12.8 Å². The van der Waals surface area contributed by atoms with E-state index in [2.05, 4.69) is 52.8 Å². The second kappa shape index (κ2) is 5.68. The zero-order valence-corrected chi connectivity index (χ0v) is 15.4. The van der Waals surface area contributed by atoms with Crippen LogP contribution in [0.4, 0.5) is 0 Å². The predicted octanol–water partition coefficient (Wildman–Crippen LogP) is 5.47. The molecule has 0 fully saturated rings. The van der Waals surface area contributed by atoms with Gasteiger partial charge in [-0.3, -0.25) is 0 Å². The van der Waals surface area contributed by atoms with Gasteiger partial charge in [0, 0.05) is 0 Å². The Kier molecular flexibility index (Phi) is 4.56. The molecule has 1 atom stereocenters. The van der Waals surface area contributed by atoms with E-state index >= 15 is 0 Å². The molecule has 0 aromatic heterocycles. The van der Waals surface area contributed by atoms with Crippen LogP contribution in [-0.4, -0.2) is 0 Å². The van der Waals surface area contributed by atoms with Crippen molar-refractivity contribution in [2.24, 2.45) is 11.3 Å². The third-order valence-electron chi connectivity index (χ3n) is 4.97. The van der Waals surface area contributed by atoms with Crippen molar-refractivity contribution in [3.63, 3.8) is 0 Å². The van der Waals surface area contributed by atoms with Crippen LogP contribution in [0.25, 0.3) is 0 Å². The molecule has 1 heteroatoms. The monoisotopic (exact) mass is 331 g/mol. The first kappa shape index (κ1) is 15.2. The van der Waals surface area contributed by atoms with Gasteiger partial charge in [-0.05, 0) is 0 Å². The van der Waals surface area contributed by atoms with Gasteiger partial charge < -0.3 is 0 Å². The first-order valence-corrected chi connectivity index (χ1v) is 8.64. The molecule has 2 aliphatic rings. The molecule has 0 spiro atoms. The molecule has 0 saturated carbocycles. The van der Waals surface area contributed by atoms with Crippen LogP contribution in [0.3, 0.4) is 0 Å². The van der Waals surface area contributed by atoms with E-state index in [-0.39, 0.29) is 5.41 Å². The topological polar surface area (TPSA) is 0 Å².